The maximum atomic E-state index is 10.3. The largest absolute Gasteiger partial charge is 0.353 e. The van der Waals surface area contributed by atoms with Crippen molar-refractivity contribution in [1.82, 2.24) is 10.6 Å². The highest BCUT2D eigenvalue weighted by atomic mass is 16.1. The summed E-state index contributed by atoms with van der Waals surface area (Å²) in [6, 6.07) is 0. The fraction of sp³-hybridized carbons (Fsp3) is 0.875. The van der Waals surface area contributed by atoms with Gasteiger partial charge in [-0.1, -0.05) is 0 Å². The highest BCUT2D eigenvalue weighted by Crippen LogP contribution is 2.54. The molecule has 11 heavy (non-hydrogen) atoms. The molecule has 0 aromatic carbocycles. The topological polar surface area (TPSA) is 41.1 Å². The third-order valence-corrected chi connectivity index (χ3v) is 3.33. The van der Waals surface area contributed by atoms with Gasteiger partial charge in [0.1, 0.15) is 0 Å². The number of hydrogen-bond acceptors (Lipinski definition) is 2. The van der Waals surface area contributed by atoms with Gasteiger partial charge < -0.3 is 10.6 Å². The molecule has 0 atom stereocenters. The summed E-state index contributed by atoms with van der Waals surface area (Å²) in [4.78, 5) is 10.3. The Morgan fingerprint density at radius 1 is 1.27 bits per heavy atom. The summed E-state index contributed by atoms with van der Waals surface area (Å²) in [7, 11) is 2.01. The van der Waals surface area contributed by atoms with Crippen LogP contribution in [0.15, 0.2) is 0 Å². The average molecular weight is 154 g/mol. The summed E-state index contributed by atoms with van der Waals surface area (Å²) < 4.78 is 0. The zero-order valence-corrected chi connectivity index (χ0v) is 6.81. The molecule has 2 bridgehead atoms. The summed E-state index contributed by atoms with van der Waals surface area (Å²) in [5.74, 6) is 0. The first kappa shape index (κ1) is 7.10. The van der Waals surface area contributed by atoms with E-state index in [-0.39, 0.29) is 5.54 Å². The lowest BCUT2D eigenvalue weighted by Gasteiger charge is -2.47. The van der Waals surface area contributed by atoms with Crippen molar-refractivity contribution >= 4 is 6.41 Å². The molecule has 1 amide bonds. The second-order valence-corrected chi connectivity index (χ2v) is 3.93. The first-order valence-electron chi connectivity index (χ1n) is 4.15. The Morgan fingerprint density at radius 3 is 2.36 bits per heavy atom. The van der Waals surface area contributed by atoms with Crippen LogP contribution in [-0.2, 0) is 4.79 Å². The van der Waals surface area contributed by atoms with E-state index in [0.29, 0.717) is 5.54 Å². The second-order valence-electron chi connectivity index (χ2n) is 3.93. The van der Waals surface area contributed by atoms with Gasteiger partial charge in [-0.25, -0.2) is 0 Å². The van der Waals surface area contributed by atoms with Crippen LogP contribution >= 0.6 is 0 Å². The molecule has 3 nitrogen and oxygen atoms in total. The standard InChI is InChI=1S/C8H14N2O/c1-9-7-2-3-8(4-7,5-7)10-6-11/h6,9H,2-5H2,1H3,(H,10,11). The molecular formula is C8H14N2O. The predicted octanol–water partition coefficient (Wildman–Crippen LogP) is 0.0170. The molecule has 3 aliphatic rings. The minimum atomic E-state index is 0.171. The fourth-order valence-corrected chi connectivity index (χ4v) is 2.68. The van der Waals surface area contributed by atoms with Crippen molar-refractivity contribution in [2.45, 2.75) is 36.8 Å². The molecule has 0 aliphatic heterocycles. The fourth-order valence-electron chi connectivity index (χ4n) is 2.68. The average Bonchev–Trinajstić information content (AvgIpc) is 2.43. The second kappa shape index (κ2) is 1.97. The van der Waals surface area contributed by atoms with Crippen LogP contribution in [0.1, 0.15) is 25.7 Å². The Balaban J connectivity index is 2.02. The van der Waals surface area contributed by atoms with E-state index in [1.54, 1.807) is 0 Å². The van der Waals surface area contributed by atoms with E-state index in [2.05, 4.69) is 10.6 Å². The van der Waals surface area contributed by atoms with Crippen LogP contribution in [0.2, 0.25) is 0 Å². The number of amides is 1. The van der Waals surface area contributed by atoms with Crippen molar-refractivity contribution in [1.29, 1.82) is 0 Å². The highest BCUT2D eigenvalue weighted by molar-refractivity contribution is 5.50. The van der Waals surface area contributed by atoms with Crippen molar-refractivity contribution in [3.63, 3.8) is 0 Å². The van der Waals surface area contributed by atoms with Gasteiger partial charge >= 0.3 is 0 Å². The van der Waals surface area contributed by atoms with Crippen molar-refractivity contribution in [2.24, 2.45) is 0 Å². The lowest BCUT2D eigenvalue weighted by molar-refractivity contribution is -0.112. The van der Waals surface area contributed by atoms with Crippen molar-refractivity contribution < 1.29 is 4.79 Å². The molecule has 2 N–H and O–H groups in total. The molecule has 3 fully saturated rings. The van der Waals surface area contributed by atoms with Crippen LogP contribution in [0.5, 0.6) is 0 Å². The van der Waals surface area contributed by atoms with Crippen LogP contribution in [0, 0.1) is 0 Å². The first-order chi connectivity index (χ1) is 5.24. The van der Waals surface area contributed by atoms with Gasteiger partial charge in [0, 0.05) is 11.1 Å². The van der Waals surface area contributed by atoms with Gasteiger partial charge in [0.2, 0.25) is 6.41 Å². The third-order valence-electron chi connectivity index (χ3n) is 3.33. The third kappa shape index (κ3) is 0.805. The molecule has 0 saturated heterocycles. The number of nitrogens with one attached hydrogen (secondary N) is 2. The lowest BCUT2D eigenvalue weighted by atomic mass is 9.71. The Bertz CT molecular complexity index is 185. The summed E-state index contributed by atoms with van der Waals surface area (Å²) >= 11 is 0. The predicted molar refractivity (Wildman–Crippen MR) is 42.2 cm³/mol. The van der Waals surface area contributed by atoms with Crippen LogP contribution < -0.4 is 10.6 Å². The molecule has 0 aromatic rings. The number of fused-ring (bicyclic) bond motifs is 1. The Morgan fingerprint density at radius 2 is 1.91 bits per heavy atom. The Kier molecular flexibility index (Phi) is 1.27. The Labute approximate surface area is 66.5 Å². The van der Waals surface area contributed by atoms with Gasteiger partial charge in [-0.2, -0.15) is 0 Å². The normalized spacial score (nSPS) is 46.6. The monoisotopic (exact) mass is 154 g/mol. The molecule has 3 saturated carbocycles. The molecule has 3 aliphatic carbocycles. The van der Waals surface area contributed by atoms with E-state index >= 15 is 0 Å². The lowest BCUT2D eigenvalue weighted by Crippen LogP contribution is -2.61. The zero-order chi connectivity index (χ0) is 7.95. The summed E-state index contributed by atoms with van der Waals surface area (Å²) in [5.41, 5.74) is 0.542. The maximum Gasteiger partial charge on any atom is 0.207 e. The van der Waals surface area contributed by atoms with Crippen molar-refractivity contribution in [2.75, 3.05) is 7.05 Å². The molecule has 0 spiro atoms. The SMILES string of the molecule is CNC12CCC(NC=O)(C1)C2. The van der Waals surface area contributed by atoms with Crippen LogP contribution in [0.3, 0.4) is 0 Å². The molecule has 0 heterocycles. The zero-order valence-electron chi connectivity index (χ0n) is 6.81. The van der Waals surface area contributed by atoms with E-state index < -0.39 is 0 Å². The molecule has 62 valence electrons. The molecule has 0 aromatic heterocycles. The number of carbonyl (C=O) groups is 1. The molecule has 0 radical (unpaired) electrons. The number of carbonyl (C=O) groups excluding carboxylic acids is 1. The van der Waals surface area contributed by atoms with E-state index in [0.717, 1.165) is 25.7 Å². The smallest absolute Gasteiger partial charge is 0.207 e. The summed E-state index contributed by atoms with van der Waals surface area (Å²) in [5, 5.41) is 6.26. The minimum Gasteiger partial charge on any atom is -0.353 e. The van der Waals surface area contributed by atoms with Crippen molar-refractivity contribution in [3.8, 4) is 0 Å². The maximum absolute atomic E-state index is 10.3. The number of hydrogen-bond donors (Lipinski definition) is 2. The van der Waals surface area contributed by atoms with Gasteiger partial charge in [-0.15, -0.1) is 0 Å². The van der Waals surface area contributed by atoms with Gasteiger partial charge in [0.25, 0.3) is 0 Å². The quantitative estimate of drug-likeness (QED) is 0.562. The van der Waals surface area contributed by atoms with Crippen LogP contribution in [0.4, 0.5) is 0 Å². The molecule has 3 heteroatoms. The van der Waals surface area contributed by atoms with Gasteiger partial charge in [-0.05, 0) is 32.7 Å². The minimum absolute atomic E-state index is 0.171. The van der Waals surface area contributed by atoms with Crippen molar-refractivity contribution in [3.05, 3.63) is 0 Å². The van der Waals surface area contributed by atoms with Crippen LogP contribution in [-0.4, -0.2) is 24.5 Å². The summed E-state index contributed by atoms with van der Waals surface area (Å²) in [6.07, 6.45) is 5.44. The van der Waals surface area contributed by atoms with E-state index in [9.17, 15) is 4.79 Å². The van der Waals surface area contributed by atoms with Gasteiger partial charge in [-0.3, -0.25) is 4.79 Å². The number of rotatable bonds is 3. The van der Waals surface area contributed by atoms with E-state index in [1.807, 2.05) is 7.05 Å². The summed E-state index contributed by atoms with van der Waals surface area (Å²) in [6.45, 7) is 0. The first-order valence-corrected chi connectivity index (χ1v) is 4.15. The van der Waals surface area contributed by atoms with E-state index in [4.69, 9.17) is 0 Å². The Hall–Kier alpha value is -0.570. The highest BCUT2D eigenvalue weighted by Gasteiger charge is 2.59. The van der Waals surface area contributed by atoms with Gasteiger partial charge in [0.05, 0.1) is 0 Å². The van der Waals surface area contributed by atoms with E-state index in [1.165, 1.54) is 6.42 Å². The molecular weight excluding hydrogens is 140 g/mol. The molecule has 0 unspecified atom stereocenters. The molecule has 3 rings (SSSR count). The van der Waals surface area contributed by atoms with Crippen LogP contribution in [0.25, 0.3) is 0 Å². The van der Waals surface area contributed by atoms with Gasteiger partial charge in [0.15, 0.2) is 0 Å².